The molecule has 0 radical (unpaired) electrons. The maximum Gasteiger partial charge on any atom is 0.245 e. The number of carbonyl (C=O) groups is 2. The molecular weight excluding hydrogens is 359 g/mol. The minimum Gasteiger partial charge on any atom is -0.349 e. The molecule has 2 fully saturated rings. The molecule has 2 aliphatic rings. The fraction of sp³-hybridized carbons (Fsp3) is 0.476. The van der Waals surface area contributed by atoms with Crippen LogP contribution in [0.25, 0.3) is 0 Å². The van der Waals surface area contributed by atoms with E-state index in [9.17, 15) is 14.0 Å². The lowest BCUT2D eigenvalue weighted by Crippen LogP contribution is -2.56. The first kappa shape index (κ1) is 18.7. The third-order valence-corrected chi connectivity index (χ3v) is 5.98. The number of nitrogens with zero attached hydrogens (tertiary/aromatic N) is 3. The van der Waals surface area contributed by atoms with Gasteiger partial charge in [-0.3, -0.25) is 14.3 Å². The van der Waals surface area contributed by atoms with Crippen LogP contribution in [0.3, 0.4) is 0 Å². The van der Waals surface area contributed by atoms with E-state index in [1.807, 2.05) is 11.8 Å². The number of hydrogen-bond acceptors (Lipinski definition) is 3. The van der Waals surface area contributed by atoms with Gasteiger partial charge in [-0.25, -0.2) is 4.39 Å². The van der Waals surface area contributed by atoms with Gasteiger partial charge in [0.2, 0.25) is 11.8 Å². The Kier molecular flexibility index (Phi) is 4.91. The van der Waals surface area contributed by atoms with E-state index in [1.54, 1.807) is 35.3 Å². The Bertz CT molecular complexity index is 852. The molecule has 4 rings (SSSR count). The Labute approximate surface area is 163 Å². The van der Waals surface area contributed by atoms with E-state index in [0.717, 1.165) is 24.8 Å². The van der Waals surface area contributed by atoms with E-state index in [0.29, 0.717) is 12.8 Å². The number of benzene rings is 1. The highest BCUT2D eigenvalue weighted by molar-refractivity contribution is 5.80. The second kappa shape index (κ2) is 7.37. The van der Waals surface area contributed by atoms with E-state index >= 15 is 0 Å². The van der Waals surface area contributed by atoms with Crippen LogP contribution in [0.15, 0.2) is 42.7 Å². The second-order valence-corrected chi connectivity index (χ2v) is 8.00. The molecular formula is C21H25FN4O2. The van der Waals surface area contributed by atoms with Crippen LogP contribution in [0, 0.1) is 5.82 Å². The summed E-state index contributed by atoms with van der Waals surface area (Å²) in [7, 11) is 0. The van der Waals surface area contributed by atoms with Crippen LogP contribution in [0.1, 0.15) is 50.6 Å². The summed E-state index contributed by atoms with van der Waals surface area (Å²) in [5.41, 5.74) is 0.383. The molecule has 2 saturated heterocycles. The van der Waals surface area contributed by atoms with Crippen LogP contribution in [0.5, 0.6) is 0 Å². The van der Waals surface area contributed by atoms with Gasteiger partial charge in [-0.2, -0.15) is 5.10 Å². The first-order valence-electron chi connectivity index (χ1n) is 9.81. The van der Waals surface area contributed by atoms with Crippen LogP contribution < -0.4 is 5.32 Å². The quantitative estimate of drug-likeness (QED) is 0.885. The van der Waals surface area contributed by atoms with Crippen LogP contribution in [0.2, 0.25) is 0 Å². The van der Waals surface area contributed by atoms with Gasteiger partial charge >= 0.3 is 0 Å². The summed E-state index contributed by atoms with van der Waals surface area (Å²) in [6.07, 6.45) is 7.09. The highest BCUT2D eigenvalue weighted by atomic mass is 19.1. The number of rotatable bonds is 3. The zero-order chi connectivity index (χ0) is 19.7. The molecule has 148 valence electrons. The van der Waals surface area contributed by atoms with Gasteiger partial charge in [0.15, 0.2) is 0 Å². The Balaban J connectivity index is 1.70. The number of aromatic nitrogens is 2. The van der Waals surface area contributed by atoms with Crippen LogP contribution >= 0.6 is 0 Å². The molecule has 0 spiro atoms. The maximum atomic E-state index is 13.5. The Morgan fingerprint density at radius 2 is 2.11 bits per heavy atom. The van der Waals surface area contributed by atoms with Gasteiger partial charge in [0.25, 0.3) is 0 Å². The average molecular weight is 384 g/mol. The van der Waals surface area contributed by atoms with Gasteiger partial charge in [-0.1, -0.05) is 18.6 Å². The zero-order valence-corrected chi connectivity index (χ0v) is 16.0. The molecule has 0 unspecified atom stereocenters. The summed E-state index contributed by atoms with van der Waals surface area (Å²) in [4.78, 5) is 27.5. The molecule has 7 heteroatoms. The van der Waals surface area contributed by atoms with Crippen LogP contribution in [0.4, 0.5) is 4.39 Å². The first-order chi connectivity index (χ1) is 13.5. The number of hydrogen-bond donors (Lipinski definition) is 1. The van der Waals surface area contributed by atoms with Gasteiger partial charge in [0.1, 0.15) is 12.4 Å². The molecule has 0 saturated carbocycles. The highest BCUT2D eigenvalue weighted by Crippen LogP contribution is 2.45. The van der Waals surface area contributed by atoms with Gasteiger partial charge in [0.05, 0.1) is 17.6 Å². The number of carbonyl (C=O) groups excluding carboxylic acids is 2. The number of nitrogens with one attached hydrogen (secondary N) is 1. The van der Waals surface area contributed by atoms with E-state index in [1.165, 1.54) is 12.1 Å². The summed E-state index contributed by atoms with van der Waals surface area (Å²) in [6, 6.07) is 7.79. The van der Waals surface area contributed by atoms with Crippen molar-refractivity contribution >= 4 is 11.8 Å². The molecule has 1 N–H and O–H groups in total. The normalized spacial score (nSPS) is 27.6. The summed E-state index contributed by atoms with van der Waals surface area (Å²) in [6.45, 7) is 2.17. The molecule has 0 bridgehead atoms. The largest absolute Gasteiger partial charge is 0.349 e. The molecule has 0 aliphatic carbocycles. The molecule has 1 aromatic heterocycles. The van der Waals surface area contributed by atoms with Crippen molar-refractivity contribution < 1.29 is 14.0 Å². The summed E-state index contributed by atoms with van der Waals surface area (Å²) in [5, 5.41) is 7.34. The van der Waals surface area contributed by atoms with Crippen molar-refractivity contribution in [3.63, 3.8) is 0 Å². The monoisotopic (exact) mass is 384 g/mol. The molecule has 3 atom stereocenters. The lowest BCUT2D eigenvalue weighted by atomic mass is 9.85. The smallest absolute Gasteiger partial charge is 0.245 e. The lowest BCUT2D eigenvalue weighted by Gasteiger charge is -2.38. The molecule has 3 heterocycles. The van der Waals surface area contributed by atoms with Gasteiger partial charge in [0, 0.05) is 18.8 Å². The van der Waals surface area contributed by atoms with Crippen LogP contribution in [-0.2, 0) is 16.1 Å². The van der Waals surface area contributed by atoms with E-state index < -0.39 is 5.54 Å². The molecule has 1 aromatic carbocycles. The number of likely N-dealkylation sites (tertiary alicyclic amines) is 1. The highest BCUT2D eigenvalue weighted by Gasteiger charge is 2.52. The standard InChI is InChI=1S/C21H25FN4O2/c1-21-13-17(15-7-9-16(22)10-8-15)26(20(28)14-25-12-4-11-23-25)18(21)5-2-3-6-19(27)24-21/h4,7-12,17-18H,2-3,5-6,13-14H2,1H3,(H,24,27)/t17-,18-,21-/m0/s1. The Hall–Kier alpha value is -2.70. The second-order valence-electron chi connectivity index (χ2n) is 8.00. The van der Waals surface area contributed by atoms with Crippen molar-refractivity contribution in [2.24, 2.45) is 0 Å². The SMILES string of the molecule is C[C@]12C[C@@H](c3ccc(F)cc3)N(C(=O)Cn3cccn3)[C@H]1CCCCC(=O)N2. The topological polar surface area (TPSA) is 67.2 Å². The number of halogens is 1. The van der Waals surface area contributed by atoms with Gasteiger partial charge in [-0.05, 0) is 49.9 Å². The predicted octanol–water partition coefficient (Wildman–Crippen LogP) is 2.81. The molecule has 6 nitrogen and oxygen atoms in total. The van der Waals surface area contributed by atoms with Crippen molar-refractivity contribution in [2.45, 2.75) is 63.2 Å². The molecule has 2 aliphatic heterocycles. The third kappa shape index (κ3) is 3.53. The number of amides is 2. The van der Waals surface area contributed by atoms with Gasteiger partial charge < -0.3 is 10.2 Å². The van der Waals surface area contributed by atoms with Crippen molar-refractivity contribution in [3.8, 4) is 0 Å². The molecule has 28 heavy (non-hydrogen) atoms. The molecule has 2 aromatic rings. The summed E-state index contributed by atoms with van der Waals surface area (Å²) < 4.78 is 15.1. The van der Waals surface area contributed by atoms with E-state index in [2.05, 4.69) is 10.4 Å². The van der Waals surface area contributed by atoms with Crippen molar-refractivity contribution in [3.05, 3.63) is 54.1 Å². The van der Waals surface area contributed by atoms with E-state index in [4.69, 9.17) is 0 Å². The minimum absolute atomic E-state index is 0.0337. The lowest BCUT2D eigenvalue weighted by molar-refractivity contribution is -0.137. The predicted molar refractivity (Wildman–Crippen MR) is 102 cm³/mol. The van der Waals surface area contributed by atoms with Crippen LogP contribution in [-0.4, -0.2) is 38.1 Å². The van der Waals surface area contributed by atoms with Gasteiger partial charge in [-0.15, -0.1) is 0 Å². The minimum atomic E-state index is -0.504. The zero-order valence-electron chi connectivity index (χ0n) is 16.0. The number of fused-ring (bicyclic) bond motifs is 1. The first-order valence-corrected chi connectivity index (χ1v) is 9.81. The maximum absolute atomic E-state index is 13.5. The van der Waals surface area contributed by atoms with Crippen molar-refractivity contribution in [1.82, 2.24) is 20.0 Å². The Morgan fingerprint density at radius 3 is 2.82 bits per heavy atom. The summed E-state index contributed by atoms with van der Waals surface area (Å²) in [5.74, 6) is -0.310. The summed E-state index contributed by atoms with van der Waals surface area (Å²) >= 11 is 0. The fourth-order valence-corrected chi connectivity index (χ4v) is 4.68. The van der Waals surface area contributed by atoms with E-state index in [-0.39, 0.29) is 36.3 Å². The van der Waals surface area contributed by atoms with Crippen molar-refractivity contribution in [1.29, 1.82) is 0 Å². The molecule has 2 amide bonds. The third-order valence-electron chi connectivity index (χ3n) is 5.98. The average Bonchev–Trinajstić information content (AvgIpc) is 3.24. The fourth-order valence-electron chi connectivity index (χ4n) is 4.68. The Morgan fingerprint density at radius 1 is 1.32 bits per heavy atom. The van der Waals surface area contributed by atoms with Crippen molar-refractivity contribution in [2.75, 3.05) is 0 Å².